The summed E-state index contributed by atoms with van der Waals surface area (Å²) in [7, 11) is 0. The molecule has 2 heterocycles. The molecule has 38 heavy (non-hydrogen) atoms. The lowest BCUT2D eigenvalue weighted by Gasteiger charge is -2.20. The average molecular weight is 527 g/mol. The van der Waals surface area contributed by atoms with Gasteiger partial charge in [0.25, 0.3) is 5.91 Å². The first-order chi connectivity index (χ1) is 18.5. The number of amides is 1. The van der Waals surface area contributed by atoms with Crippen LogP contribution in [-0.2, 0) is 4.79 Å². The van der Waals surface area contributed by atoms with Gasteiger partial charge in [-0.25, -0.2) is 0 Å². The fourth-order valence-electron chi connectivity index (χ4n) is 3.80. The molecule has 3 aromatic rings. The molecular formula is C29H26N4O4S. The lowest BCUT2D eigenvalue weighted by molar-refractivity contribution is -0.114. The first-order valence-corrected chi connectivity index (χ1v) is 13.0. The van der Waals surface area contributed by atoms with Gasteiger partial charge >= 0.3 is 0 Å². The van der Waals surface area contributed by atoms with Crippen molar-refractivity contribution in [1.29, 1.82) is 5.41 Å². The van der Waals surface area contributed by atoms with Crippen molar-refractivity contribution in [2.24, 2.45) is 10.1 Å². The van der Waals surface area contributed by atoms with Gasteiger partial charge < -0.3 is 14.2 Å². The number of rotatable bonds is 9. The summed E-state index contributed by atoms with van der Waals surface area (Å²) in [4.78, 5) is 17.0. The first kappa shape index (κ1) is 25.3. The van der Waals surface area contributed by atoms with Crippen LogP contribution in [0.4, 0.5) is 0 Å². The molecule has 0 radical (unpaired) electrons. The summed E-state index contributed by atoms with van der Waals surface area (Å²) in [6.07, 6.45) is 1.62. The molecule has 0 fully saturated rings. The molecule has 0 bridgehead atoms. The maximum atomic E-state index is 12.9. The molecule has 0 aliphatic carbocycles. The Kier molecular flexibility index (Phi) is 7.55. The number of amidine groups is 2. The summed E-state index contributed by atoms with van der Waals surface area (Å²) in [5, 5.41) is 15.7. The molecule has 2 aliphatic heterocycles. The zero-order chi connectivity index (χ0) is 26.5. The van der Waals surface area contributed by atoms with E-state index in [-0.39, 0.29) is 11.4 Å². The summed E-state index contributed by atoms with van der Waals surface area (Å²) in [6, 6.07) is 22.8. The highest BCUT2D eigenvalue weighted by molar-refractivity contribution is 8.27. The molecule has 3 aromatic carbocycles. The molecule has 1 N–H and O–H groups in total. The summed E-state index contributed by atoms with van der Waals surface area (Å²) in [5.74, 6) is 1.38. The molecular weight excluding hydrogens is 500 g/mol. The Morgan fingerprint density at radius 3 is 2.47 bits per heavy atom. The van der Waals surface area contributed by atoms with E-state index in [4.69, 9.17) is 19.6 Å². The summed E-state index contributed by atoms with van der Waals surface area (Å²) in [6.45, 7) is 5.07. The monoisotopic (exact) mass is 526 g/mol. The number of hydrogen-bond donors (Lipinski definition) is 1. The van der Waals surface area contributed by atoms with Crippen LogP contribution in [0.1, 0.15) is 23.6 Å². The third-order valence-electron chi connectivity index (χ3n) is 5.68. The van der Waals surface area contributed by atoms with Crippen molar-refractivity contribution < 1.29 is 19.0 Å². The minimum atomic E-state index is -0.481. The molecule has 0 spiro atoms. The SMILES string of the molecule is CCOc1cc(/C=C2/C(=N)N3N=C(c4ccc(C)cc4)SC3=NC2=O)ccc1OCCOc1ccccc1. The van der Waals surface area contributed by atoms with E-state index in [1.165, 1.54) is 16.8 Å². The van der Waals surface area contributed by atoms with Gasteiger partial charge in [-0.1, -0.05) is 54.1 Å². The highest BCUT2D eigenvalue weighted by Crippen LogP contribution is 2.33. The van der Waals surface area contributed by atoms with Crippen molar-refractivity contribution in [3.63, 3.8) is 0 Å². The molecule has 0 atom stereocenters. The van der Waals surface area contributed by atoms with Crippen LogP contribution < -0.4 is 14.2 Å². The van der Waals surface area contributed by atoms with Gasteiger partial charge in [-0.3, -0.25) is 10.2 Å². The number of nitrogens with one attached hydrogen (secondary N) is 1. The van der Waals surface area contributed by atoms with E-state index in [0.717, 1.165) is 16.9 Å². The molecule has 0 saturated heterocycles. The van der Waals surface area contributed by atoms with Gasteiger partial charge in [-0.15, -0.1) is 0 Å². The van der Waals surface area contributed by atoms with Crippen molar-refractivity contribution >= 4 is 39.8 Å². The first-order valence-electron chi connectivity index (χ1n) is 12.2. The minimum Gasteiger partial charge on any atom is -0.490 e. The highest BCUT2D eigenvalue weighted by atomic mass is 32.2. The molecule has 0 aromatic heterocycles. The molecule has 8 nitrogen and oxygen atoms in total. The standard InChI is InChI=1S/C29H26N4O4S/c1-3-35-25-18-20(11-14-24(25)37-16-15-36-22-7-5-4-6-8-22)17-23-26(30)33-29(31-27(23)34)38-28(32-33)21-12-9-19(2)10-13-21/h4-14,17-18,30H,3,15-16H2,1-2H3/b23-17-,30-26?. The van der Waals surface area contributed by atoms with Crippen LogP contribution in [0.3, 0.4) is 0 Å². The number of carbonyl (C=O) groups is 1. The third-order valence-corrected chi connectivity index (χ3v) is 6.64. The Morgan fingerprint density at radius 1 is 0.947 bits per heavy atom. The number of hydrogen-bond acceptors (Lipinski definition) is 7. The largest absolute Gasteiger partial charge is 0.490 e. The van der Waals surface area contributed by atoms with Gasteiger partial charge in [0, 0.05) is 5.56 Å². The van der Waals surface area contributed by atoms with Gasteiger partial charge in [0.15, 0.2) is 17.3 Å². The Balaban J connectivity index is 1.31. The van der Waals surface area contributed by atoms with E-state index in [1.807, 2.05) is 74.5 Å². The van der Waals surface area contributed by atoms with Crippen LogP contribution in [0.15, 0.2) is 88.5 Å². The number of ether oxygens (including phenoxy) is 3. The zero-order valence-corrected chi connectivity index (χ0v) is 21.8. The number of fused-ring (bicyclic) bond motifs is 1. The third kappa shape index (κ3) is 5.63. The fraction of sp³-hybridized carbons (Fsp3) is 0.172. The van der Waals surface area contributed by atoms with Gasteiger partial charge in [-0.2, -0.15) is 15.1 Å². The van der Waals surface area contributed by atoms with Crippen molar-refractivity contribution in [3.8, 4) is 17.2 Å². The minimum absolute atomic E-state index is 0.0223. The second kappa shape index (κ2) is 11.4. The van der Waals surface area contributed by atoms with Gasteiger partial charge in [0.05, 0.1) is 12.2 Å². The zero-order valence-electron chi connectivity index (χ0n) is 21.0. The van der Waals surface area contributed by atoms with Crippen LogP contribution in [0.2, 0.25) is 0 Å². The number of aliphatic imine (C=N–C) groups is 1. The summed E-state index contributed by atoms with van der Waals surface area (Å²) in [5.41, 5.74) is 2.89. The lowest BCUT2D eigenvalue weighted by atomic mass is 10.1. The number of thioether (sulfide) groups is 1. The maximum absolute atomic E-state index is 12.9. The molecule has 192 valence electrons. The van der Waals surface area contributed by atoms with Crippen LogP contribution >= 0.6 is 11.8 Å². The van der Waals surface area contributed by atoms with Crippen molar-refractivity contribution in [2.75, 3.05) is 19.8 Å². The molecule has 0 unspecified atom stereocenters. The number of carbonyl (C=O) groups excluding carboxylic acids is 1. The predicted molar refractivity (Wildman–Crippen MR) is 150 cm³/mol. The summed E-state index contributed by atoms with van der Waals surface area (Å²) < 4.78 is 17.4. The second-order valence-electron chi connectivity index (χ2n) is 8.44. The van der Waals surface area contributed by atoms with E-state index in [9.17, 15) is 4.79 Å². The average Bonchev–Trinajstić information content (AvgIpc) is 3.35. The Labute approximate surface area is 225 Å². The number of nitrogens with zero attached hydrogens (tertiary/aromatic N) is 3. The van der Waals surface area contributed by atoms with Gasteiger partial charge in [0.2, 0.25) is 5.17 Å². The molecule has 9 heteroatoms. The van der Waals surface area contributed by atoms with E-state index in [1.54, 1.807) is 18.2 Å². The Hall–Kier alpha value is -4.37. The normalized spacial score (nSPS) is 15.7. The summed E-state index contributed by atoms with van der Waals surface area (Å²) >= 11 is 1.28. The molecule has 0 saturated carbocycles. The van der Waals surface area contributed by atoms with E-state index < -0.39 is 5.91 Å². The van der Waals surface area contributed by atoms with Crippen molar-refractivity contribution in [3.05, 3.63) is 95.1 Å². The smallest absolute Gasteiger partial charge is 0.283 e. The Morgan fingerprint density at radius 2 is 1.71 bits per heavy atom. The van der Waals surface area contributed by atoms with E-state index in [2.05, 4.69) is 10.1 Å². The van der Waals surface area contributed by atoms with Crippen LogP contribution in [0.5, 0.6) is 17.2 Å². The number of para-hydroxylation sites is 1. The second-order valence-corrected chi connectivity index (χ2v) is 9.40. The van der Waals surface area contributed by atoms with Crippen molar-refractivity contribution in [2.45, 2.75) is 13.8 Å². The van der Waals surface area contributed by atoms with Crippen LogP contribution in [-0.4, -0.2) is 46.8 Å². The topological polar surface area (TPSA) is 96.6 Å². The lowest BCUT2D eigenvalue weighted by Crippen LogP contribution is -2.35. The van der Waals surface area contributed by atoms with Gasteiger partial charge in [0.1, 0.15) is 24.0 Å². The van der Waals surface area contributed by atoms with E-state index in [0.29, 0.717) is 47.1 Å². The number of aryl methyl sites for hydroxylation is 1. The van der Waals surface area contributed by atoms with E-state index >= 15 is 0 Å². The van der Waals surface area contributed by atoms with Crippen molar-refractivity contribution in [1.82, 2.24) is 5.01 Å². The quantitative estimate of drug-likeness (QED) is 0.291. The highest BCUT2D eigenvalue weighted by Gasteiger charge is 2.36. The molecule has 2 aliphatic rings. The fourth-order valence-corrected chi connectivity index (χ4v) is 4.70. The van der Waals surface area contributed by atoms with Gasteiger partial charge in [-0.05, 0) is 61.5 Å². The maximum Gasteiger partial charge on any atom is 0.283 e. The van der Waals surface area contributed by atoms with Crippen LogP contribution in [0.25, 0.3) is 6.08 Å². The molecule has 1 amide bonds. The number of benzene rings is 3. The predicted octanol–water partition coefficient (Wildman–Crippen LogP) is 5.52. The number of hydrazone groups is 1. The Bertz CT molecular complexity index is 1450. The van der Waals surface area contributed by atoms with Crippen LogP contribution in [0, 0.1) is 12.3 Å². The molecule has 5 rings (SSSR count).